The molecule has 2 N–H and O–H groups in total. The van der Waals surface area contributed by atoms with Crippen LogP contribution >= 0.6 is 0 Å². The molecule has 1 aromatic carbocycles. The van der Waals surface area contributed by atoms with Gasteiger partial charge in [0.1, 0.15) is 6.04 Å². The molecule has 1 saturated heterocycles. The second kappa shape index (κ2) is 7.96. The molecular formula is C17H22N2O6S. The van der Waals surface area contributed by atoms with Crippen LogP contribution in [0.3, 0.4) is 0 Å². The number of carboxylic acids is 1. The molecule has 1 aromatic rings. The van der Waals surface area contributed by atoms with Crippen LogP contribution in [0.2, 0.25) is 0 Å². The third-order valence-corrected chi connectivity index (χ3v) is 6.26. The molecule has 1 amide bonds. The summed E-state index contributed by atoms with van der Waals surface area (Å²) in [6.45, 7) is 3.04. The lowest BCUT2D eigenvalue weighted by Gasteiger charge is -2.31. The number of nitrogens with zero attached hydrogens (tertiary/aromatic N) is 1. The maximum atomic E-state index is 12.8. The number of carbonyl (C=O) groups is 3. The van der Waals surface area contributed by atoms with Crippen molar-refractivity contribution in [3.8, 4) is 0 Å². The van der Waals surface area contributed by atoms with E-state index >= 15 is 0 Å². The molecule has 26 heavy (non-hydrogen) atoms. The summed E-state index contributed by atoms with van der Waals surface area (Å²) in [5.74, 6) is -2.37. The van der Waals surface area contributed by atoms with E-state index in [9.17, 15) is 22.8 Å². The van der Waals surface area contributed by atoms with E-state index in [1.54, 1.807) is 0 Å². The largest absolute Gasteiger partial charge is 0.480 e. The van der Waals surface area contributed by atoms with Crippen LogP contribution in [0.25, 0.3) is 0 Å². The van der Waals surface area contributed by atoms with Gasteiger partial charge < -0.3 is 10.4 Å². The average molecular weight is 382 g/mol. The fraction of sp³-hybridized carbons (Fsp3) is 0.471. The number of amides is 1. The van der Waals surface area contributed by atoms with Gasteiger partial charge in [-0.15, -0.1) is 0 Å². The lowest BCUT2D eigenvalue weighted by atomic mass is 9.98. The number of rotatable bonds is 6. The molecule has 1 aliphatic heterocycles. The van der Waals surface area contributed by atoms with E-state index in [-0.39, 0.29) is 23.8 Å². The molecule has 0 radical (unpaired) electrons. The number of benzene rings is 1. The highest BCUT2D eigenvalue weighted by atomic mass is 32.2. The van der Waals surface area contributed by atoms with Crippen molar-refractivity contribution < 1.29 is 27.9 Å². The zero-order valence-corrected chi connectivity index (χ0v) is 15.5. The average Bonchev–Trinajstić information content (AvgIpc) is 2.61. The van der Waals surface area contributed by atoms with E-state index in [1.807, 2.05) is 0 Å². The van der Waals surface area contributed by atoms with Gasteiger partial charge in [0.05, 0.1) is 10.8 Å². The van der Waals surface area contributed by atoms with Crippen LogP contribution in [-0.2, 0) is 19.6 Å². The normalized spacial score (nSPS) is 19.5. The van der Waals surface area contributed by atoms with E-state index in [0.717, 1.165) is 0 Å². The summed E-state index contributed by atoms with van der Waals surface area (Å²) in [7, 11) is -3.79. The smallest absolute Gasteiger partial charge is 0.325 e. The van der Waals surface area contributed by atoms with E-state index in [2.05, 4.69) is 5.32 Å². The maximum absolute atomic E-state index is 12.8. The van der Waals surface area contributed by atoms with Crippen molar-refractivity contribution in [3.05, 3.63) is 29.8 Å². The molecule has 2 atom stereocenters. The molecule has 8 nitrogen and oxygen atoms in total. The Balaban J connectivity index is 2.13. The molecule has 2 rings (SSSR count). The molecule has 0 spiro atoms. The van der Waals surface area contributed by atoms with Crippen LogP contribution in [0.4, 0.5) is 0 Å². The number of sulfonamides is 1. The highest BCUT2D eigenvalue weighted by Gasteiger charge is 2.34. The lowest BCUT2D eigenvalue weighted by Crippen LogP contribution is -2.48. The van der Waals surface area contributed by atoms with Crippen LogP contribution in [0.5, 0.6) is 0 Å². The van der Waals surface area contributed by atoms with Gasteiger partial charge in [-0.1, -0.05) is 12.1 Å². The van der Waals surface area contributed by atoms with Gasteiger partial charge in [0, 0.05) is 18.7 Å². The van der Waals surface area contributed by atoms with Gasteiger partial charge in [-0.05, 0) is 38.8 Å². The van der Waals surface area contributed by atoms with E-state index in [4.69, 9.17) is 5.11 Å². The quantitative estimate of drug-likeness (QED) is 0.705. The molecule has 0 bridgehead atoms. The molecule has 0 unspecified atom stereocenters. The molecule has 1 fully saturated rings. The van der Waals surface area contributed by atoms with Crippen molar-refractivity contribution in [1.82, 2.24) is 9.62 Å². The summed E-state index contributed by atoms with van der Waals surface area (Å²) < 4.78 is 26.8. The first-order valence-corrected chi connectivity index (χ1v) is 9.71. The van der Waals surface area contributed by atoms with E-state index < -0.39 is 33.9 Å². The number of aliphatic carboxylic acids is 1. The number of hydrogen-bond donors (Lipinski definition) is 2. The summed E-state index contributed by atoms with van der Waals surface area (Å²) in [6, 6.07) is 4.63. The number of carboxylic acid groups (broad SMARTS) is 1. The standard InChI is InChI=1S/C17H22N2O6S/c1-11(17(22)23)18-16(21)14-4-3-9-19(10-14)26(24,25)15-7-5-13(6-8-15)12(2)20/h5-8,11,14H,3-4,9-10H2,1-2H3,(H,18,21)(H,22,23)/t11-,14+/m0/s1. The predicted molar refractivity (Wildman–Crippen MR) is 93.2 cm³/mol. The Bertz CT molecular complexity index is 803. The summed E-state index contributed by atoms with van der Waals surface area (Å²) >= 11 is 0. The Morgan fingerprint density at radius 1 is 1.23 bits per heavy atom. The summed E-state index contributed by atoms with van der Waals surface area (Å²) in [5.41, 5.74) is 0.419. The topological polar surface area (TPSA) is 121 Å². The van der Waals surface area contributed by atoms with Gasteiger partial charge in [0.2, 0.25) is 15.9 Å². The Kier molecular flexibility index (Phi) is 6.14. The zero-order chi connectivity index (χ0) is 19.5. The molecule has 9 heteroatoms. The van der Waals surface area contributed by atoms with Gasteiger partial charge >= 0.3 is 5.97 Å². The van der Waals surface area contributed by atoms with Crippen LogP contribution in [0, 0.1) is 5.92 Å². The molecule has 142 valence electrons. The van der Waals surface area contributed by atoms with Crippen LogP contribution in [0.15, 0.2) is 29.2 Å². The van der Waals surface area contributed by atoms with Crippen LogP contribution < -0.4 is 5.32 Å². The molecule has 0 saturated carbocycles. The Hall–Kier alpha value is -2.26. The number of ketones is 1. The van der Waals surface area contributed by atoms with Crippen molar-refractivity contribution in [3.63, 3.8) is 0 Å². The van der Waals surface area contributed by atoms with Gasteiger partial charge in [0.25, 0.3) is 0 Å². The van der Waals surface area contributed by atoms with Gasteiger partial charge in [0.15, 0.2) is 5.78 Å². The number of carbonyl (C=O) groups excluding carboxylic acids is 2. The van der Waals surface area contributed by atoms with Crippen molar-refractivity contribution in [2.45, 2.75) is 37.6 Å². The predicted octanol–water partition coefficient (Wildman–Crippen LogP) is 0.879. The summed E-state index contributed by atoms with van der Waals surface area (Å²) in [4.78, 5) is 34.4. The molecule has 1 aliphatic rings. The number of piperidine rings is 1. The minimum absolute atomic E-state index is 0.00499. The van der Waals surface area contributed by atoms with E-state index in [0.29, 0.717) is 18.4 Å². The van der Waals surface area contributed by atoms with E-state index in [1.165, 1.54) is 42.4 Å². The first-order chi connectivity index (χ1) is 12.1. The van der Waals surface area contributed by atoms with Gasteiger partial charge in [-0.3, -0.25) is 14.4 Å². The fourth-order valence-electron chi connectivity index (χ4n) is 2.78. The Labute approximate surface area is 152 Å². The number of nitrogens with one attached hydrogen (secondary N) is 1. The highest BCUT2D eigenvalue weighted by Crippen LogP contribution is 2.24. The second-order valence-corrected chi connectivity index (χ2v) is 8.29. The van der Waals surface area contributed by atoms with Gasteiger partial charge in [-0.2, -0.15) is 4.31 Å². The van der Waals surface area contributed by atoms with Crippen molar-refractivity contribution >= 4 is 27.7 Å². The minimum atomic E-state index is -3.79. The second-order valence-electron chi connectivity index (χ2n) is 6.35. The molecule has 1 heterocycles. The van der Waals surface area contributed by atoms with Gasteiger partial charge in [-0.25, -0.2) is 8.42 Å². The third kappa shape index (κ3) is 4.47. The Morgan fingerprint density at radius 2 is 1.85 bits per heavy atom. The molecular weight excluding hydrogens is 360 g/mol. The summed E-state index contributed by atoms with van der Waals surface area (Å²) in [6.07, 6.45) is 0.998. The fourth-order valence-corrected chi connectivity index (χ4v) is 4.30. The molecule has 0 aromatic heterocycles. The molecule has 0 aliphatic carbocycles. The lowest BCUT2D eigenvalue weighted by molar-refractivity contribution is -0.142. The highest BCUT2D eigenvalue weighted by molar-refractivity contribution is 7.89. The first-order valence-electron chi connectivity index (χ1n) is 8.27. The minimum Gasteiger partial charge on any atom is -0.480 e. The van der Waals surface area contributed by atoms with Crippen molar-refractivity contribution in [1.29, 1.82) is 0 Å². The summed E-state index contributed by atoms with van der Waals surface area (Å²) in [5, 5.41) is 11.3. The number of Topliss-reactive ketones (excluding diaryl/α,β-unsaturated/α-hetero) is 1. The number of hydrogen-bond acceptors (Lipinski definition) is 5. The monoisotopic (exact) mass is 382 g/mol. The van der Waals surface area contributed by atoms with Crippen LogP contribution in [0.1, 0.15) is 37.0 Å². The first kappa shape index (κ1) is 20.1. The van der Waals surface area contributed by atoms with Crippen molar-refractivity contribution in [2.75, 3.05) is 13.1 Å². The maximum Gasteiger partial charge on any atom is 0.325 e. The third-order valence-electron chi connectivity index (χ3n) is 4.38. The zero-order valence-electron chi connectivity index (χ0n) is 14.6. The van der Waals surface area contributed by atoms with Crippen LogP contribution in [-0.4, -0.2) is 54.6 Å². The SMILES string of the molecule is CC(=O)c1ccc(S(=O)(=O)N2CCC[C@@H](C(=O)N[C@@H](C)C(=O)O)C2)cc1. The van der Waals surface area contributed by atoms with Crippen molar-refractivity contribution in [2.24, 2.45) is 5.92 Å². The Morgan fingerprint density at radius 3 is 2.38 bits per heavy atom.